The van der Waals surface area contributed by atoms with Crippen molar-refractivity contribution in [2.24, 2.45) is 0 Å². The zero-order chi connectivity index (χ0) is 14.4. The van der Waals surface area contributed by atoms with Crippen molar-refractivity contribution in [1.82, 2.24) is 15.0 Å². The minimum atomic E-state index is 0.107. The first-order valence-electron chi connectivity index (χ1n) is 6.21. The summed E-state index contributed by atoms with van der Waals surface area (Å²) in [6, 6.07) is 7.92. The van der Waals surface area contributed by atoms with E-state index in [2.05, 4.69) is 20.3 Å². The van der Waals surface area contributed by atoms with Crippen LogP contribution in [-0.4, -0.2) is 28.7 Å². The van der Waals surface area contributed by atoms with Gasteiger partial charge in [0.15, 0.2) is 0 Å². The molecule has 2 rings (SSSR count). The Bertz CT molecular complexity index is 576. The lowest BCUT2D eigenvalue weighted by Crippen LogP contribution is -2.07. The highest BCUT2D eigenvalue weighted by atomic mass is 16.5. The van der Waals surface area contributed by atoms with Gasteiger partial charge < -0.3 is 20.5 Å². The Balaban J connectivity index is 2.25. The Morgan fingerprint density at radius 1 is 1.20 bits per heavy atom. The van der Waals surface area contributed by atoms with Crippen LogP contribution in [0.15, 0.2) is 24.3 Å². The van der Waals surface area contributed by atoms with E-state index < -0.39 is 0 Å². The predicted molar refractivity (Wildman–Crippen MR) is 75.8 cm³/mol. The van der Waals surface area contributed by atoms with Gasteiger partial charge in [0.05, 0.1) is 13.2 Å². The van der Waals surface area contributed by atoms with Crippen molar-refractivity contribution in [2.75, 3.05) is 24.8 Å². The van der Waals surface area contributed by atoms with Crippen molar-refractivity contribution in [3.05, 3.63) is 29.8 Å². The van der Waals surface area contributed by atoms with Crippen LogP contribution in [0.5, 0.6) is 6.01 Å². The lowest BCUT2D eigenvalue weighted by Gasteiger charge is -2.11. The van der Waals surface area contributed by atoms with E-state index in [0.717, 1.165) is 11.3 Å². The minimum Gasteiger partial charge on any atom is -0.464 e. The third kappa shape index (κ3) is 3.55. The van der Waals surface area contributed by atoms with E-state index in [0.29, 0.717) is 19.2 Å². The van der Waals surface area contributed by atoms with E-state index in [1.807, 2.05) is 31.2 Å². The second-order valence-electron chi connectivity index (χ2n) is 3.95. The molecule has 0 aliphatic heterocycles. The van der Waals surface area contributed by atoms with Crippen molar-refractivity contribution in [2.45, 2.75) is 13.5 Å². The van der Waals surface area contributed by atoms with Gasteiger partial charge in [-0.3, -0.25) is 0 Å². The lowest BCUT2D eigenvalue weighted by atomic mass is 10.2. The SMILES string of the molecule is CCOc1nc(N)nc(Nc2ccccc2COC)n1. The highest BCUT2D eigenvalue weighted by molar-refractivity contribution is 5.58. The number of benzene rings is 1. The number of rotatable bonds is 6. The van der Waals surface area contributed by atoms with Gasteiger partial charge in [0.2, 0.25) is 11.9 Å². The fraction of sp³-hybridized carbons (Fsp3) is 0.308. The first-order valence-corrected chi connectivity index (χ1v) is 6.21. The predicted octanol–water partition coefficient (Wildman–Crippen LogP) is 1.74. The Labute approximate surface area is 117 Å². The fourth-order valence-corrected chi connectivity index (χ4v) is 1.67. The monoisotopic (exact) mass is 275 g/mol. The number of nitrogens with one attached hydrogen (secondary N) is 1. The van der Waals surface area contributed by atoms with Gasteiger partial charge in [0, 0.05) is 18.4 Å². The van der Waals surface area contributed by atoms with Gasteiger partial charge in [-0.25, -0.2) is 0 Å². The van der Waals surface area contributed by atoms with Crippen LogP contribution in [0.1, 0.15) is 12.5 Å². The average Bonchev–Trinajstić information content (AvgIpc) is 2.41. The number of nitrogens with zero attached hydrogens (tertiary/aromatic N) is 3. The van der Waals surface area contributed by atoms with E-state index >= 15 is 0 Å². The molecule has 0 aliphatic rings. The van der Waals surface area contributed by atoms with Crippen LogP contribution in [0.25, 0.3) is 0 Å². The van der Waals surface area contributed by atoms with Gasteiger partial charge in [-0.15, -0.1) is 0 Å². The fourth-order valence-electron chi connectivity index (χ4n) is 1.67. The molecular weight excluding hydrogens is 258 g/mol. The molecule has 0 unspecified atom stereocenters. The summed E-state index contributed by atoms with van der Waals surface area (Å²) >= 11 is 0. The standard InChI is InChI=1S/C13H17N5O2/c1-3-20-13-17-11(14)16-12(18-13)15-10-7-5-4-6-9(10)8-19-2/h4-7H,3,8H2,1-2H3,(H3,14,15,16,17,18). The molecule has 0 atom stereocenters. The Hall–Kier alpha value is -2.41. The minimum absolute atomic E-state index is 0.107. The zero-order valence-electron chi connectivity index (χ0n) is 11.5. The maximum Gasteiger partial charge on any atom is 0.323 e. The highest BCUT2D eigenvalue weighted by Crippen LogP contribution is 2.20. The van der Waals surface area contributed by atoms with Gasteiger partial charge in [-0.1, -0.05) is 18.2 Å². The zero-order valence-corrected chi connectivity index (χ0v) is 11.5. The van der Waals surface area contributed by atoms with Gasteiger partial charge in [-0.05, 0) is 13.0 Å². The normalized spacial score (nSPS) is 10.3. The van der Waals surface area contributed by atoms with Crippen molar-refractivity contribution < 1.29 is 9.47 Å². The second kappa shape index (κ2) is 6.67. The molecule has 1 heterocycles. The molecule has 2 aromatic rings. The molecule has 0 spiro atoms. The molecule has 7 nitrogen and oxygen atoms in total. The van der Waals surface area contributed by atoms with Crippen LogP contribution < -0.4 is 15.8 Å². The molecular formula is C13H17N5O2. The van der Waals surface area contributed by atoms with Crippen LogP contribution in [0.2, 0.25) is 0 Å². The number of nitrogens with two attached hydrogens (primary N) is 1. The molecule has 0 amide bonds. The molecule has 3 N–H and O–H groups in total. The molecule has 0 saturated heterocycles. The van der Waals surface area contributed by atoms with Crippen molar-refractivity contribution in [3.8, 4) is 6.01 Å². The van der Waals surface area contributed by atoms with Crippen molar-refractivity contribution >= 4 is 17.6 Å². The van der Waals surface area contributed by atoms with Crippen molar-refractivity contribution in [1.29, 1.82) is 0 Å². The summed E-state index contributed by atoms with van der Waals surface area (Å²) in [5, 5.41) is 3.09. The number of hydrogen-bond acceptors (Lipinski definition) is 7. The Morgan fingerprint density at radius 2 is 2.00 bits per heavy atom. The van der Waals surface area contributed by atoms with Crippen LogP contribution in [0.4, 0.5) is 17.6 Å². The topological polar surface area (TPSA) is 95.2 Å². The second-order valence-corrected chi connectivity index (χ2v) is 3.95. The number of para-hydroxylation sites is 1. The number of ether oxygens (including phenoxy) is 2. The van der Waals surface area contributed by atoms with E-state index in [-0.39, 0.29) is 12.0 Å². The number of aromatic nitrogens is 3. The van der Waals surface area contributed by atoms with Crippen LogP contribution in [0.3, 0.4) is 0 Å². The van der Waals surface area contributed by atoms with E-state index in [1.165, 1.54) is 0 Å². The molecule has 0 aliphatic carbocycles. The van der Waals surface area contributed by atoms with Crippen LogP contribution >= 0.6 is 0 Å². The maximum absolute atomic E-state index is 5.63. The first-order chi connectivity index (χ1) is 9.72. The summed E-state index contributed by atoms with van der Waals surface area (Å²) < 4.78 is 10.4. The highest BCUT2D eigenvalue weighted by Gasteiger charge is 2.07. The molecule has 1 aromatic heterocycles. The van der Waals surface area contributed by atoms with Gasteiger partial charge in [0.1, 0.15) is 0 Å². The number of hydrogen-bond donors (Lipinski definition) is 2. The molecule has 106 valence electrons. The van der Waals surface area contributed by atoms with Gasteiger partial charge in [0.25, 0.3) is 0 Å². The van der Waals surface area contributed by atoms with Gasteiger partial charge >= 0.3 is 6.01 Å². The van der Waals surface area contributed by atoms with E-state index in [9.17, 15) is 0 Å². The smallest absolute Gasteiger partial charge is 0.323 e. The molecule has 20 heavy (non-hydrogen) atoms. The maximum atomic E-state index is 5.63. The molecule has 7 heteroatoms. The summed E-state index contributed by atoms with van der Waals surface area (Å²) in [4.78, 5) is 12.1. The largest absolute Gasteiger partial charge is 0.464 e. The molecule has 0 radical (unpaired) electrons. The molecule has 1 aromatic carbocycles. The summed E-state index contributed by atoms with van der Waals surface area (Å²) in [6.45, 7) is 2.80. The van der Waals surface area contributed by atoms with Crippen LogP contribution in [-0.2, 0) is 11.3 Å². The number of methoxy groups -OCH3 is 1. The summed E-state index contributed by atoms with van der Waals surface area (Å²) in [5.74, 6) is 0.444. The van der Waals surface area contributed by atoms with Gasteiger partial charge in [-0.2, -0.15) is 15.0 Å². The van der Waals surface area contributed by atoms with Crippen LogP contribution in [0, 0.1) is 0 Å². The average molecular weight is 275 g/mol. The Morgan fingerprint density at radius 3 is 2.75 bits per heavy atom. The van der Waals surface area contributed by atoms with Crippen molar-refractivity contribution in [3.63, 3.8) is 0 Å². The number of anilines is 3. The molecule has 0 bridgehead atoms. The summed E-state index contributed by atoms with van der Waals surface area (Å²) in [6.07, 6.45) is 0. The quantitative estimate of drug-likeness (QED) is 0.829. The summed E-state index contributed by atoms with van der Waals surface area (Å²) in [7, 11) is 1.64. The van der Waals surface area contributed by atoms with E-state index in [1.54, 1.807) is 7.11 Å². The lowest BCUT2D eigenvalue weighted by molar-refractivity contribution is 0.185. The number of nitrogen functional groups attached to an aromatic ring is 1. The molecule has 0 saturated carbocycles. The molecule has 0 fully saturated rings. The first kappa shape index (κ1) is 14.0. The third-order valence-electron chi connectivity index (χ3n) is 2.47. The Kier molecular flexibility index (Phi) is 4.67. The summed E-state index contributed by atoms with van der Waals surface area (Å²) in [5.41, 5.74) is 7.48. The van der Waals surface area contributed by atoms with E-state index in [4.69, 9.17) is 15.2 Å². The third-order valence-corrected chi connectivity index (χ3v) is 2.47.